The maximum Gasteiger partial charge on any atom is 0.0642 e. The van der Waals surface area contributed by atoms with E-state index >= 15 is 0 Å². The van der Waals surface area contributed by atoms with Crippen molar-refractivity contribution in [1.29, 1.82) is 0 Å². The lowest BCUT2D eigenvalue weighted by Gasteiger charge is -2.28. The summed E-state index contributed by atoms with van der Waals surface area (Å²) in [5, 5.41) is 3.59. The number of nitrogens with one attached hydrogen (secondary N) is 1. The van der Waals surface area contributed by atoms with Crippen molar-refractivity contribution in [2.45, 2.75) is 25.9 Å². The van der Waals surface area contributed by atoms with Crippen molar-refractivity contribution in [2.24, 2.45) is 5.92 Å². The number of anilines is 1. The number of hydrogen-bond acceptors (Lipinski definition) is 3. The first-order valence-corrected chi connectivity index (χ1v) is 6.98. The molecule has 1 aromatic carbocycles. The third kappa shape index (κ3) is 2.85. The van der Waals surface area contributed by atoms with E-state index in [0.29, 0.717) is 0 Å². The highest BCUT2D eigenvalue weighted by atomic mass is 16.5. The van der Waals surface area contributed by atoms with Crippen LogP contribution in [0.2, 0.25) is 0 Å². The number of hydrogen-bond donors (Lipinski definition) is 1. The van der Waals surface area contributed by atoms with Gasteiger partial charge in [0, 0.05) is 31.4 Å². The van der Waals surface area contributed by atoms with Crippen LogP contribution in [0.3, 0.4) is 0 Å². The maximum absolute atomic E-state index is 5.38. The maximum atomic E-state index is 5.38. The molecule has 1 aromatic rings. The monoisotopic (exact) mass is 246 g/mol. The van der Waals surface area contributed by atoms with E-state index in [9.17, 15) is 0 Å². The summed E-state index contributed by atoms with van der Waals surface area (Å²) in [4.78, 5) is 2.39. The van der Waals surface area contributed by atoms with E-state index in [1.807, 2.05) is 0 Å². The molecule has 3 heteroatoms. The van der Waals surface area contributed by atoms with Gasteiger partial charge >= 0.3 is 0 Å². The van der Waals surface area contributed by atoms with E-state index in [2.05, 4.69) is 41.4 Å². The van der Waals surface area contributed by atoms with Crippen LogP contribution in [0.4, 0.5) is 5.69 Å². The minimum absolute atomic E-state index is 0.754. The highest BCUT2D eigenvalue weighted by molar-refractivity contribution is 5.47. The third-order valence-electron chi connectivity index (χ3n) is 3.99. The predicted octanol–water partition coefficient (Wildman–Crippen LogP) is 2.02. The summed E-state index contributed by atoms with van der Waals surface area (Å²) >= 11 is 0. The van der Waals surface area contributed by atoms with Gasteiger partial charge in [0.1, 0.15) is 0 Å². The number of morpholine rings is 1. The molecule has 1 aliphatic carbocycles. The Bertz CT molecular complexity index is 384. The molecule has 0 unspecified atom stereocenters. The van der Waals surface area contributed by atoms with E-state index in [1.165, 1.54) is 17.7 Å². The molecule has 18 heavy (non-hydrogen) atoms. The molecule has 1 aliphatic heterocycles. The van der Waals surface area contributed by atoms with Crippen LogP contribution in [0, 0.1) is 5.92 Å². The largest absolute Gasteiger partial charge is 0.378 e. The smallest absolute Gasteiger partial charge is 0.0642 e. The molecule has 1 heterocycles. The molecule has 3 nitrogen and oxygen atoms in total. The first kappa shape index (κ1) is 12.0. The molecule has 2 fully saturated rings. The SMILES string of the molecule is C[C@@H]1C[C@@H]1NCc1ccc(N2CCOCC2)cc1. The molecule has 2 aliphatic rings. The first-order valence-electron chi connectivity index (χ1n) is 6.98. The second kappa shape index (κ2) is 5.29. The Kier molecular flexibility index (Phi) is 3.52. The second-order valence-corrected chi connectivity index (χ2v) is 5.47. The van der Waals surface area contributed by atoms with Crippen molar-refractivity contribution in [1.82, 2.24) is 5.32 Å². The van der Waals surface area contributed by atoms with Crippen LogP contribution in [0.25, 0.3) is 0 Å². The van der Waals surface area contributed by atoms with Gasteiger partial charge in [-0.15, -0.1) is 0 Å². The minimum Gasteiger partial charge on any atom is -0.378 e. The standard InChI is InChI=1S/C15H22N2O/c1-12-10-15(12)16-11-13-2-4-14(5-3-13)17-6-8-18-9-7-17/h2-5,12,15-16H,6-11H2,1H3/t12-,15+/m1/s1. The quantitative estimate of drug-likeness (QED) is 0.879. The van der Waals surface area contributed by atoms with Gasteiger partial charge in [0.15, 0.2) is 0 Å². The van der Waals surface area contributed by atoms with Gasteiger partial charge in [-0.05, 0) is 30.0 Å². The zero-order valence-corrected chi connectivity index (χ0v) is 11.1. The topological polar surface area (TPSA) is 24.5 Å². The average molecular weight is 246 g/mol. The van der Waals surface area contributed by atoms with Gasteiger partial charge in [-0.25, -0.2) is 0 Å². The fourth-order valence-corrected chi connectivity index (χ4v) is 2.50. The highest BCUT2D eigenvalue weighted by Crippen LogP contribution is 2.29. The Morgan fingerprint density at radius 1 is 1.22 bits per heavy atom. The van der Waals surface area contributed by atoms with Gasteiger partial charge in [0.2, 0.25) is 0 Å². The Labute approximate surface area is 109 Å². The Morgan fingerprint density at radius 3 is 2.50 bits per heavy atom. The number of ether oxygens (including phenoxy) is 1. The number of benzene rings is 1. The zero-order chi connectivity index (χ0) is 12.4. The normalized spacial score (nSPS) is 27.3. The Hall–Kier alpha value is -1.06. The Morgan fingerprint density at radius 2 is 1.89 bits per heavy atom. The van der Waals surface area contributed by atoms with Crippen molar-refractivity contribution >= 4 is 5.69 Å². The van der Waals surface area contributed by atoms with Crippen LogP contribution in [0.15, 0.2) is 24.3 Å². The first-order chi connectivity index (χ1) is 8.83. The number of nitrogens with zero attached hydrogens (tertiary/aromatic N) is 1. The summed E-state index contributed by atoms with van der Waals surface area (Å²) in [6, 6.07) is 9.71. The van der Waals surface area contributed by atoms with E-state index in [0.717, 1.165) is 44.8 Å². The lowest BCUT2D eigenvalue weighted by atomic mass is 10.2. The molecular formula is C15H22N2O. The average Bonchev–Trinajstić information content (AvgIpc) is 3.14. The van der Waals surface area contributed by atoms with Crippen LogP contribution >= 0.6 is 0 Å². The predicted molar refractivity (Wildman–Crippen MR) is 73.9 cm³/mol. The fraction of sp³-hybridized carbons (Fsp3) is 0.600. The molecule has 0 bridgehead atoms. The molecule has 0 radical (unpaired) electrons. The molecule has 1 saturated carbocycles. The van der Waals surface area contributed by atoms with Crippen molar-refractivity contribution < 1.29 is 4.74 Å². The third-order valence-corrected chi connectivity index (χ3v) is 3.99. The van der Waals surface area contributed by atoms with Crippen molar-refractivity contribution in [3.8, 4) is 0 Å². The summed E-state index contributed by atoms with van der Waals surface area (Å²) in [6.45, 7) is 7.03. The molecule has 0 amide bonds. The van der Waals surface area contributed by atoms with E-state index in [1.54, 1.807) is 0 Å². The van der Waals surface area contributed by atoms with E-state index < -0.39 is 0 Å². The summed E-state index contributed by atoms with van der Waals surface area (Å²) in [7, 11) is 0. The van der Waals surface area contributed by atoms with Gasteiger partial charge in [-0.3, -0.25) is 0 Å². The molecular weight excluding hydrogens is 224 g/mol. The van der Waals surface area contributed by atoms with Gasteiger partial charge in [0.25, 0.3) is 0 Å². The zero-order valence-electron chi connectivity index (χ0n) is 11.1. The van der Waals surface area contributed by atoms with Crippen molar-refractivity contribution in [3.05, 3.63) is 29.8 Å². The minimum atomic E-state index is 0.754. The fourth-order valence-electron chi connectivity index (χ4n) is 2.50. The van der Waals surface area contributed by atoms with Crippen LogP contribution in [-0.2, 0) is 11.3 Å². The van der Waals surface area contributed by atoms with Crippen molar-refractivity contribution in [2.75, 3.05) is 31.2 Å². The summed E-state index contributed by atoms with van der Waals surface area (Å²) < 4.78 is 5.38. The molecule has 0 spiro atoms. The number of rotatable bonds is 4. The summed E-state index contributed by atoms with van der Waals surface area (Å²) in [6.07, 6.45) is 1.34. The van der Waals surface area contributed by atoms with Crippen LogP contribution in [0.5, 0.6) is 0 Å². The summed E-state index contributed by atoms with van der Waals surface area (Å²) in [5.74, 6) is 0.873. The molecule has 2 atom stereocenters. The van der Waals surface area contributed by atoms with Gasteiger partial charge < -0.3 is 15.0 Å². The van der Waals surface area contributed by atoms with Gasteiger partial charge in [-0.1, -0.05) is 19.1 Å². The molecule has 1 N–H and O–H groups in total. The summed E-state index contributed by atoms with van der Waals surface area (Å²) in [5.41, 5.74) is 2.70. The van der Waals surface area contributed by atoms with Crippen LogP contribution in [0.1, 0.15) is 18.9 Å². The molecule has 3 rings (SSSR count). The second-order valence-electron chi connectivity index (χ2n) is 5.47. The van der Waals surface area contributed by atoms with Crippen molar-refractivity contribution in [3.63, 3.8) is 0 Å². The van der Waals surface area contributed by atoms with Gasteiger partial charge in [0.05, 0.1) is 13.2 Å². The Balaban J connectivity index is 1.54. The lowest BCUT2D eigenvalue weighted by molar-refractivity contribution is 0.122. The van der Waals surface area contributed by atoms with Gasteiger partial charge in [-0.2, -0.15) is 0 Å². The lowest BCUT2D eigenvalue weighted by Crippen LogP contribution is -2.36. The van der Waals surface area contributed by atoms with E-state index in [-0.39, 0.29) is 0 Å². The highest BCUT2D eigenvalue weighted by Gasteiger charge is 2.31. The molecule has 1 saturated heterocycles. The van der Waals surface area contributed by atoms with Crippen LogP contribution in [-0.4, -0.2) is 32.3 Å². The van der Waals surface area contributed by atoms with Crippen LogP contribution < -0.4 is 10.2 Å². The molecule has 98 valence electrons. The van der Waals surface area contributed by atoms with E-state index in [4.69, 9.17) is 4.74 Å². The molecule has 0 aromatic heterocycles.